The van der Waals surface area contributed by atoms with E-state index in [0.717, 1.165) is 16.2 Å². The molecular formula is C33H36NO3PS. The van der Waals surface area contributed by atoms with E-state index in [1.165, 1.54) is 0 Å². The van der Waals surface area contributed by atoms with Crippen molar-refractivity contribution in [1.82, 2.24) is 4.67 Å². The van der Waals surface area contributed by atoms with E-state index in [9.17, 15) is 8.42 Å². The Morgan fingerprint density at radius 3 is 1.62 bits per heavy atom. The maximum absolute atomic E-state index is 15.8. The van der Waals surface area contributed by atoms with E-state index in [1.807, 2.05) is 84.9 Å². The summed E-state index contributed by atoms with van der Waals surface area (Å²) in [7, 11) is -7.16. The molecule has 4 aromatic rings. The summed E-state index contributed by atoms with van der Waals surface area (Å²) in [5.74, 6) is 0. The fourth-order valence-corrected chi connectivity index (χ4v) is 11.9. The smallest absolute Gasteiger partial charge is 0.207 e. The van der Waals surface area contributed by atoms with Crippen molar-refractivity contribution >= 4 is 27.7 Å². The zero-order chi connectivity index (χ0) is 27.7. The van der Waals surface area contributed by atoms with Crippen LogP contribution in [0.25, 0.3) is 0 Å². The van der Waals surface area contributed by atoms with Crippen LogP contribution in [-0.2, 0) is 20.8 Å². The van der Waals surface area contributed by atoms with Crippen LogP contribution in [0.4, 0.5) is 0 Å². The molecule has 0 amide bonds. The van der Waals surface area contributed by atoms with Crippen molar-refractivity contribution < 1.29 is 13.0 Å². The molecule has 0 unspecified atom stereocenters. The standard InChI is InChI=1S/C33H36NO3PS/c1-33(2,3)32-31(39(36,37)30-22-14-7-15-23-30)25-27(24-26-16-8-4-9-17-26)34(32)38(35,28-18-10-5-11-19-28)29-20-12-6-13-21-29/h4-23,27,31-32H,24-25H2,1-3H3/t27-,31-,32-/m0/s1. The normalized spacial score (nSPS) is 20.6. The highest BCUT2D eigenvalue weighted by Crippen LogP contribution is 2.58. The molecule has 4 aromatic carbocycles. The molecule has 0 aliphatic carbocycles. The van der Waals surface area contributed by atoms with Crippen LogP contribution in [0, 0.1) is 5.41 Å². The zero-order valence-electron chi connectivity index (χ0n) is 22.7. The third kappa shape index (κ3) is 5.28. The molecule has 0 bridgehead atoms. The van der Waals surface area contributed by atoms with E-state index >= 15 is 4.57 Å². The van der Waals surface area contributed by atoms with Gasteiger partial charge in [-0.25, -0.2) is 13.1 Å². The summed E-state index contributed by atoms with van der Waals surface area (Å²) >= 11 is 0. The molecule has 4 nitrogen and oxygen atoms in total. The first-order chi connectivity index (χ1) is 18.6. The van der Waals surface area contributed by atoms with Gasteiger partial charge in [0.15, 0.2) is 9.84 Å². The van der Waals surface area contributed by atoms with E-state index in [1.54, 1.807) is 24.3 Å². The highest BCUT2D eigenvalue weighted by Gasteiger charge is 2.58. The van der Waals surface area contributed by atoms with Crippen LogP contribution in [0.1, 0.15) is 32.8 Å². The van der Waals surface area contributed by atoms with Crippen LogP contribution >= 0.6 is 7.29 Å². The molecule has 6 heteroatoms. The molecule has 1 saturated heterocycles. The molecule has 0 aromatic heterocycles. The molecule has 1 fully saturated rings. The molecular weight excluding hydrogens is 521 g/mol. The Morgan fingerprint density at radius 2 is 1.15 bits per heavy atom. The van der Waals surface area contributed by atoms with Crippen LogP contribution in [0.3, 0.4) is 0 Å². The van der Waals surface area contributed by atoms with E-state index in [0.29, 0.717) is 17.7 Å². The summed E-state index contributed by atoms with van der Waals surface area (Å²) in [5.41, 5.74) is 0.627. The Labute approximate surface area is 233 Å². The Balaban J connectivity index is 1.76. The van der Waals surface area contributed by atoms with Gasteiger partial charge in [-0.3, -0.25) is 4.57 Å². The molecule has 1 aliphatic rings. The van der Waals surface area contributed by atoms with Crippen molar-refractivity contribution in [2.45, 2.75) is 55.8 Å². The first-order valence-corrected chi connectivity index (χ1v) is 16.7. The van der Waals surface area contributed by atoms with Gasteiger partial charge in [-0.05, 0) is 60.2 Å². The van der Waals surface area contributed by atoms with Crippen LogP contribution in [0.15, 0.2) is 126 Å². The summed E-state index contributed by atoms with van der Waals surface area (Å²) in [4.78, 5) is 0.318. The highest BCUT2D eigenvalue weighted by atomic mass is 32.2. The number of sulfone groups is 1. The summed E-state index contributed by atoms with van der Waals surface area (Å²) in [6.45, 7) is 6.22. The monoisotopic (exact) mass is 557 g/mol. The Bertz CT molecular complexity index is 1490. The number of hydrogen-bond donors (Lipinski definition) is 0. The molecule has 0 spiro atoms. The predicted molar refractivity (Wildman–Crippen MR) is 161 cm³/mol. The Kier molecular flexibility index (Phi) is 7.70. The first kappa shape index (κ1) is 27.6. The molecule has 1 aliphatic heterocycles. The van der Waals surface area contributed by atoms with Gasteiger partial charge in [0, 0.05) is 22.7 Å². The second-order valence-corrected chi connectivity index (χ2v) is 16.2. The van der Waals surface area contributed by atoms with Crippen molar-refractivity contribution in [3.05, 3.63) is 127 Å². The zero-order valence-corrected chi connectivity index (χ0v) is 24.4. The lowest BCUT2D eigenvalue weighted by molar-refractivity contribution is 0.193. The van der Waals surface area contributed by atoms with Crippen molar-refractivity contribution in [1.29, 1.82) is 0 Å². The van der Waals surface area contributed by atoms with Crippen LogP contribution in [0.5, 0.6) is 0 Å². The highest BCUT2D eigenvalue weighted by molar-refractivity contribution is 7.92. The van der Waals surface area contributed by atoms with Gasteiger partial charge in [0.1, 0.15) is 0 Å². The fourth-order valence-electron chi connectivity index (χ4n) is 6.08. The van der Waals surface area contributed by atoms with E-state index in [2.05, 4.69) is 37.6 Å². The molecule has 39 heavy (non-hydrogen) atoms. The van der Waals surface area contributed by atoms with Crippen molar-refractivity contribution in [2.24, 2.45) is 5.41 Å². The maximum atomic E-state index is 15.8. The van der Waals surface area contributed by atoms with E-state index < -0.39 is 33.8 Å². The predicted octanol–water partition coefficient (Wildman–Crippen LogP) is 6.49. The van der Waals surface area contributed by atoms with Gasteiger partial charge in [0.05, 0.1) is 10.1 Å². The summed E-state index contributed by atoms with van der Waals surface area (Å²) < 4.78 is 46.6. The van der Waals surface area contributed by atoms with Crippen molar-refractivity contribution in [3.8, 4) is 0 Å². The fraction of sp³-hybridized carbons (Fsp3) is 0.273. The van der Waals surface area contributed by atoms with Gasteiger partial charge in [0.25, 0.3) is 0 Å². The lowest BCUT2D eigenvalue weighted by atomic mass is 9.86. The second-order valence-electron chi connectivity index (χ2n) is 11.4. The van der Waals surface area contributed by atoms with Gasteiger partial charge < -0.3 is 0 Å². The summed E-state index contributed by atoms with van der Waals surface area (Å²) in [5, 5.41) is 0.733. The maximum Gasteiger partial charge on any atom is 0.207 e. The topological polar surface area (TPSA) is 54.5 Å². The van der Waals surface area contributed by atoms with Crippen LogP contribution in [-0.4, -0.2) is 30.4 Å². The lowest BCUT2D eigenvalue weighted by Crippen LogP contribution is -2.50. The third-order valence-corrected chi connectivity index (χ3v) is 13.1. The van der Waals surface area contributed by atoms with Gasteiger partial charge in [-0.2, -0.15) is 0 Å². The minimum absolute atomic E-state index is 0.244. The Hall–Kier alpha value is -2.98. The number of nitrogens with zero attached hydrogens (tertiary/aromatic N) is 1. The summed E-state index contributed by atoms with van der Waals surface area (Å²) in [6, 6.07) is 37.3. The Morgan fingerprint density at radius 1 is 0.718 bits per heavy atom. The summed E-state index contributed by atoms with van der Waals surface area (Å²) in [6.07, 6.45) is 1.01. The molecule has 3 atom stereocenters. The van der Waals surface area contributed by atoms with Gasteiger partial charge >= 0.3 is 0 Å². The van der Waals surface area contributed by atoms with Gasteiger partial charge in [-0.15, -0.1) is 0 Å². The lowest BCUT2D eigenvalue weighted by Gasteiger charge is -2.44. The minimum Gasteiger partial charge on any atom is -0.296 e. The van der Waals surface area contributed by atoms with E-state index in [-0.39, 0.29) is 6.04 Å². The van der Waals surface area contributed by atoms with Gasteiger partial charge in [0.2, 0.25) is 7.29 Å². The van der Waals surface area contributed by atoms with Crippen molar-refractivity contribution in [3.63, 3.8) is 0 Å². The SMILES string of the molecule is CC(C)(C)[C@@H]1[C@@H](S(=O)(=O)c2ccccc2)C[C@H](Cc2ccccc2)N1P(=O)(c1ccccc1)c1ccccc1. The molecule has 0 N–H and O–H groups in total. The number of benzene rings is 4. The quantitative estimate of drug-likeness (QED) is 0.244. The van der Waals surface area contributed by atoms with Crippen LogP contribution in [0.2, 0.25) is 0 Å². The van der Waals surface area contributed by atoms with E-state index in [4.69, 9.17) is 0 Å². The first-order valence-electron chi connectivity index (χ1n) is 13.5. The molecule has 202 valence electrons. The minimum atomic E-state index is -3.72. The van der Waals surface area contributed by atoms with Gasteiger partial charge in [-0.1, -0.05) is 106 Å². The molecule has 1 heterocycles. The number of hydrogen-bond acceptors (Lipinski definition) is 3. The third-order valence-electron chi connectivity index (χ3n) is 7.72. The molecule has 0 radical (unpaired) electrons. The molecule has 5 rings (SSSR count). The van der Waals surface area contributed by atoms with Crippen molar-refractivity contribution in [2.75, 3.05) is 0 Å². The largest absolute Gasteiger partial charge is 0.296 e. The molecule has 0 saturated carbocycles. The number of rotatable bonds is 7. The average Bonchev–Trinajstić information content (AvgIpc) is 3.36. The second kappa shape index (κ2) is 10.9. The van der Waals surface area contributed by atoms with Crippen LogP contribution < -0.4 is 10.6 Å². The average molecular weight is 558 g/mol.